The highest BCUT2D eigenvalue weighted by atomic mass is 35.5. The zero-order valence-corrected chi connectivity index (χ0v) is 20.3. The molecule has 0 saturated carbocycles. The average molecular weight is 523 g/mol. The number of ether oxygens (including phenoxy) is 1. The maximum atomic E-state index is 13.5. The number of aromatic nitrogens is 3. The second-order valence-corrected chi connectivity index (χ2v) is 8.69. The van der Waals surface area contributed by atoms with E-state index in [1.807, 2.05) is 24.3 Å². The summed E-state index contributed by atoms with van der Waals surface area (Å²) in [6.07, 6.45) is -4.78. The third kappa shape index (κ3) is 5.06. The van der Waals surface area contributed by atoms with Gasteiger partial charge in [-0.25, -0.2) is 4.98 Å². The summed E-state index contributed by atoms with van der Waals surface area (Å²) in [6, 6.07) is 10.8. The quantitative estimate of drug-likeness (QED) is 0.317. The molecule has 6 nitrogen and oxygen atoms in total. The van der Waals surface area contributed by atoms with Crippen molar-refractivity contribution >= 4 is 45.7 Å². The fourth-order valence-corrected chi connectivity index (χ4v) is 4.28. The summed E-state index contributed by atoms with van der Waals surface area (Å²) in [5.41, 5.74) is 0.788. The second kappa shape index (κ2) is 9.39. The maximum Gasteiger partial charge on any atom is 0.433 e. The number of carbonyl (C=O) groups excluding carboxylic acids is 1. The Kier molecular flexibility index (Phi) is 6.66. The largest absolute Gasteiger partial charge is 0.497 e. The molecule has 0 bridgehead atoms. The lowest BCUT2D eigenvalue weighted by Crippen LogP contribution is -2.17. The van der Waals surface area contributed by atoms with Crippen LogP contribution in [0.3, 0.4) is 0 Å². The molecule has 0 radical (unpaired) electrons. The zero-order valence-electron chi connectivity index (χ0n) is 18.8. The number of anilines is 1. The number of nitrogens with zero attached hydrogens (tertiary/aromatic N) is 3. The lowest BCUT2D eigenvalue weighted by molar-refractivity contribution is -0.140. The number of aryl methyl sites for hydroxylation is 1. The Morgan fingerprint density at radius 2 is 1.89 bits per heavy atom. The minimum Gasteiger partial charge on any atom is -0.497 e. The molecule has 2 heterocycles. The third-order valence-corrected chi connectivity index (χ3v) is 5.96. The van der Waals surface area contributed by atoms with Gasteiger partial charge in [-0.3, -0.25) is 9.48 Å². The van der Waals surface area contributed by atoms with Crippen molar-refractivity contribution in [2.75, 3.05) is 12.4 Å². The molecule has 4 aromatic rings. The first-order valence-corrected chi connectivity index (χ1v) is 11.1. The van der Waals surface area contributed by atoms with E-state index >= 15 is 0 Å². The summed E-state index contributed by atoms with van der Waals surface area (Å²) in [5, 5.41) is 7.36. The molecule has 0 saturated heterocycles. The van der Waals surface area contributed by atoms with Crippen molar-refractivity contribution in [1.29, 1.82) is 0 Å². The summed E-state index contributed by atoms with van der Waals surface area (Å²) < 4.78 is 47.5. The van der Waals surface area contributed by atoms with E-state index < -0.39 is 17.8 Å². The van der Waals surface area contributed by atoms with Crippen molar-refractivity contribution in [3.05, 3.63) is 80.7 Å². The minimum atomic E-state index is -4.78. The van der Waals surface area contributed by atoms with Crippen LogP contribution < -0.4 is 10.1 Å². The van der Waals surface area contributed by atoms with Gasteiger partial charge < -0.3 is 10.1 Å². The fraction of sp³-hybridized carbons (Fsp3) is 0.208. The predicted molar refractivity (Wildman–Crippen MR) is 129 cm³/mol. The number of rotatable bonds is 5. The molecule has 11 heteroatoms. The van der Waals surface area contributed by atoms with Crippen LogP contribution in [0.2, 0.25) is 10.0 Å². The first-order chi connectivity index (χ1) is 16.5. The minimum absolute atomic E-state index is 0.0916. The van der Waals surface area contributed by atoms with E-state index in [0.29, 0.717) is 35.4 Å². The van der Waals surface area contributed by atoms with Crippen LogP contribution in [-0.2, 0) is 12.7 Å². The van der Waals surface area contributed by atoms with Gasteiger partial charge in [0.05, 0.1) is 46.8 Å². The highest BCUT2D eigenvalue weighted by Gasteiger charge is 2.34. The van der Waals surface area contributed by atoms with Gasteiger partial charge in [-0.15, -0.1) is 0 Å². The van der Waals surface area contributed by atoms with Crippen LogP contribution in [0.25, 0.3) is 10.9 Å². The normalized spacial score (nSPS) is 11.7. The highest BCUT2D eigenvalue weighted by molar-refractivity contribution is 6.39. The van der Waals surface area contributed by atoms with E-state index in [1.165, 1.54) is 12.1 Å². The van der Waals surface area contributed by atoms with Gasteiger partial charge in [-0.05, 0) is 49.7 Å². The van der Waals surface area contributed by atoms with E-state index in [4.69, 9.17) is 27.9 Å². The van der Waals surface area contributed by atoms with Crippen LogP contribution in [0, 0.1) is 13.8 Å². The number of halogens is 5. The van der Waals surface area contributed by atoms with E-state index in [1.54, 1.807) is 25.6 Å². The monoisotopic (exact) mass is 522 g/mol. The Morgan fingerprint density at radius 1 is 1.14 bits per heavy atom. The number of amides is 1. The van der Waals surface area contributed by atoms with Gasteiger partial charge in [-0.2, -0.15) is 18.3 Å². The number of hydrogen-bond acceptors (Lipinski definition) is 4. The SMILES string of the molecule is COc1cccc(Cn2nc(C)c(NC(=O)c3cc(C(F)(F)F)nc4c(Cl)cc(Cl)cc34)c2C)c1. The molecule has 0 aliphatic carbocycles. The predicted octanol–water partition coefficient (Wildman–Crippen LogP) is 6.68. The van der Waals surface area contributed by atoms with E-state index in [0.717, 1.165) is 5.56 Å². The van der Waals surface area contributed by atoms with Crippen molar-refractivity contribution in [2.24, 2.45) is 0 Å². The molecule has 0 atom stereocenters. The van der Waals surface area contributed by atoms with E-state index in [9.17, 15) is 18.0 Å². The topological polar surface area (TPSA) is 69.0 Å². The Labute approximate surface area is 208 Å². The fourth-order valence-electron chi connectivity index (χ4n) is 3.74. The number of nitrogens with one attached hydrogen (secondary N) is 1. The summed E-state index contributed by atoms with van der Waals surface area (Å²) in [6.45, 7) is 3.86. The first kappa shape index (κ1) is 24.8. The Hall–Kier alpha value is -3.30. The van der Waals surface area contributed by atoms with Crippen LogP contribution in [0.4, 0.5) is 18.9 Å². The number of methoxy groups -OCH3 is 1. The molecule has 1 N–H and O–H groups in total. The summed E-state index contributed by atoms with van der Waals surface area (Å²) in [7, 11) is 1.57. The van der Waals surface area contributed by atoms with Crippen molar-refractivity contribution in [2.45, 2.75) is 26.6 Å². The second-order valence-electron chi connectivity index (χ2n) is 7.85. The summed E-state index contributed by atoms with van der Waals surface area (Å²) in [5.74, 6) is -0.0757. The Morgan fingerprint density at radius 3 is 2.57 bits per heavy atom. The molecule has 4 rings (SSSR count). The number of alkyl halides is 3. The van der Waals surface area contributed by atoms with Crippen molar-refractivity contribution in [3.63, 3.8) is 0 Å². The van der Waals surface area contributed by atoms with Crippen molar-refractivity contribution < 1.29 is 22.7 Å². The number of carbonyl (C=O) groups is 1. The van der Waals surface area contributed by atoms with Gasteiger partial charge in [0, 0.05) is 10.4 Å². The van der Waals surface area contributed by atoms with Gasteiger partial charge in [0.15, 0.2) is 0 Å². The standard InChI is InChI=1S/C24H19Cl2F3N4O2/c1-12-21(13(2)33(32-12)11-14-5-4-6-16(7-14)35-3)31-23(34)18-10-20(24(27,28)29)30-22-17(18)8-15(25)9-19(22)26/h4-10H,11H2,1-3H3,(H,31,34). The Bertz CT molecular complexity index is 1450. The number of fused-ring (bicyclic) bond motifs is 1. The van der Waals surface area contributed by atoms with Crippen molar-refractivity contribution in [1.82, 2.24) is 14.8 Å². The molecule has 0 fully saturated rings. The molecule has 0 spiro atoms. The summed E-state index contributed by atoms with van der Waals surface area (Å²) >= 11 is 12.2. The van der Waals surface area contributed by atoms with Gasteiger partial charge in [-0.1, -0.05) is 35.3 Å². The molecule has 2 aromatic carbocycles. The van der Waals surface area contributed by atoms with Crippen LogP contribution in [0.15, 0.2) is 42.5 Å². The number of pyridine rings is 1. The van der Waals surface area contributed by atoms with Crippen LogP contribution >= 0.6 is 23.2 Å². The zero-order chi connectivity index (χ0) is 25.5. The van der Waals surface area contributed by atoms with Crippen LogP contribution in [0.5, 0.6) is 5.75 Å². The first-order valence-electron chi connectivity index (χ1n) is 10.3. The smallest absolute Gasteiger partial charge is 0.433 e. The number of benzene rings is 2. The van der Waals surface area contributed by atoms with Gasteiger partial charge in [0.1, 0.15) is 11.4 Å². The van der Waals surface area contributed by atoms with Crippen LogP contribution in [-0.4, -0.2) is 27.8 Å². The molecule has 0 aliphatic heterocycles. The van der Waals surface area contributed by atoms with Gasteiger partial charge in [0.2, 0.25) is 0 Å². The van der Waals surface area contributed by atoms with E-state index in [2.05, 4.69) is 15.4 Å². The average Bonchev–Trinajstić information content (AvgIpc) is 3.05. The third-order valence-electron chi connectivity index (χ3n) is 5.45. The highest BCUT2D eigenvalue weighted by Crippen LogP contribution is 2.35. The molecule has 2 aromatic heterocycles. The molecular formula is C24H19Cl2F3N4O2. The molecule has 0 aliphatic rings. The number of hydrogen-bond donors (Lipinski definition) is 1. The van der Waals surface area contributed by atoms with Gasteiger partial charge in [0.25, 0.3) is 5.91 Å². The van der Waals surface area contributed by atoms with Crippen molar-refractivity contribution in [3.8, 4) is 5.75 Å². The lowest BCUT2D eigenvalue weighted by atomic mass is 10.1. The van der Waals surface area contributed by atoms with E-state index in [-0.39, 0.29) is 26.5 Å². The maximum absolute atomic E-state index is 13.5. The summed E-state index contributed by atoms with van der Waals surface area (Å²) in [4.78, 5) is 16.9. The Balaban J connectivity index is 1.73. The molecule has 182 valence electrons. The molecule has 35 heavy (non-hydrogen) atoms. The van der Waals surface area contributed by atoms with Crippen LogP contribution in [0.1, 0.15) is 33.0 Å². The molecule has 0 unspecified atom stereocenters. The molecular weight excluding hydrogens is 504 g/mol. The molecule has 1 amide bonds. The lowest BCUT2D eigenvalue weighted by Gasteiger charge is -2.13. The van der Waals surface area contributed by atoms with Gasteiger partial charge >= 0.3 is 6.18 Å².